The quantitative estimate of drug-likeness (QED) is 0.613. The number of nitrogen functional groups attached to an aromatic ring is 1. The molecule has 4 rings (SSSR count). The summed E-state index contributed by atoms with van der Waals surface area (Å²) >= 11 is 1.59. The van der Waals surface area contributed by atoms with Gasteiger partial charge in [-0.2, -0.15) is 0 Å². The van der Waals surface area contributed by atoms with E-state index < -0.39 is 0 Å². The predicted octanol–water partition coefficient (Wildman–Crippen LogP) is 3.61. The molecule has 0 fully saturated rings. The molecule has 4 heterocycles. The van der Waals surface area contributed by atoms with Crippen LogP contribution in [0.4, 0.5) is 5.82 Å². The van der Waals surface area contributed by atoms with E-state index in [2.05, 4.69) is 9.97 Å². The molecule has 21 heavy (non-hydrogen) atoms. The fourth-order valence-corrected chi connectivity index (χ4v) is 3.41. The van der Waals surface area contributed by atoms with Crippen molar-refractivity contribution in [1.82, 2.24) is 14.4 Å². The fraction of sp³-hybridized carbons (Fsp3) is 0.0667. The van der Waals surface area contributed by atoms with E-state index in [1.165, 1.54) is 0 Å². The second kappa shape index (κ2) is 4.46. The molecule has 0 aromatic carbocycles. The Morgan fingerprint density at radius 2 is 2.14 bits per heavy atom. The number of nitrogens with two attached hydrogens (primary N) is 1. The number of hydrogen-bond acceptors (Lipinski definition) is 5. The van der Waals surface area contributed by atoms with Crippen LogP contribution in [0.5, 0.6) is 0 Å². The summed E-state index contributed by atoms with van der Waals surface area (Å²) in [5, 5.41) is 0. The maximum Gasteiger partial charge on any atom is 0.196 e. The molecule has 2 N–H and O–H groups in total. The van der Waals surface area contributed by atoms with Crippen molar-refractivity contribution in [3.63, 3.8) is 0 Å². The van der Waals surface area contributed by atoms with Crippen LogP contribution in [0.3, 0.4) is 0 Å². The highest BCUT2D eigenvalue weighted by molar-refractivity contribution is 7.17. The van der Waals surface area contributed by atoms with E-state index in [0.717, 1.165) is 27.0 Å². The maximum atomic E-state index is 6.32. The first-order valence-electron chi connectivity index (χ1n) is 6.48. The highest BCUT2D eigenvalue weighted by atomic mass is 32.1. The highest BCUT2D eigenvalue weighted by Gasteiger charge is 2.21. The molecule has 0 spiro atoms. The number of hydrogen-bond donors (Lipinski definition) is 1. The minimum atomic E-state index is 0.583. The van der Waals surface area contributed by atoms with Crippen LogP contribution in [-0.2, 0) is 0 Å². The zero-order valence-electron chi connectivity index (χ0n) is 11.3. The van der Waals surface area contributed by atoms with Crippen LogP contribution in [0, 0.1) is 6.92 Å². The molecule has 0 aliphatic carbocycles. The molecule has 0 unspecified atom stereocenters. The van der Waals surface area contributed by atoms with Crippen LogP contribution < -0.4 is 5.73 Å². The Hall–Kier alpha value is -2.60. The van der Waals surface area contributed by atoms with Gasteiger partial charge in [0.2, 0.25) is 0 Å². The third-order valence-corrected chi connectivity index (χ3v) is 4.30. The molecule has 6 heteroatoms. The zero-order chi connectivity index (χ0) is 14.4. The summed E-state index contributed by atoms with van der Waals surface area (Å²) in [5.41, 5.74) is 8.74. The summed E-state index contributed by atoms with van der Waals surface area (Å²) in [5.74, 6) is 1.37. The zero-order valence-corrected chi connectivity index (χ0v) is 12.1. The molecular formula is C15H12N4OS. The van der Waals surface area contributed by atoms with E-state index in [1.807, 2.05) is 41.7 Å². The fourth-order valence-electron chi connectivity index (χ4n) is 2.43. The monoisotopic (exact) mass is 296 g/mol. The van der Waals surface area contributed by atoms with Crippen molar-refractivity contribution in [2.24, 2.45) is 0 Å². The Kier molecular flexibility index (Phi) is 2.58. The van der Waals surface area contributed by atoms with Crippen molar-refractivity contribution in [2.45, 2.75) is 6.92 Å². The summed E-state index contributed by atoms with van der Waals surface area (Å²) in [4.78, 5) is 10.9. The van der Waals surface area contributed by atoms with Crippen LogP contribution in [0.25, 0.3) is 27.8 Å². The average Bonchev–Trinajstić information content (AvgIpc) is 3.18. The number of thiazole rings is 1. The van der Waals surface area contributed by atoms with Crippen molar-refractivity contribution in [3.8, 4) is 22.8 Å². The Morgan fingerprint density at radius 3 is 2.86 bits per heavy atom. The van der Waals surface area contributed by atoms with Gasteiger partial charge in [0.25, 0.3) is 0 Å². The van der Waals surface area contributed by atoms with E-state index in [1.54, 1.807) is 23.8 Å². The molecule has 4 aromatic heterocycles. The van der Waals surface area contributed by atoms with Gasteiger partial charge in [-0.05, 0) is 31.2 Å². The molecular weight excluding hydrogens is 284 g/mol. The van der Waals surface area contributed by atoms with Gasteiger partial charge in [0, 0.05) is 11.1 Å². The first-order chi connectivity index (χ1) is 10.3. The lowest BCUT2D eigenvalue weighted by Gasteiger charge is -2.01. The van der Waals surface area contributed by atoms with Gasteiger partial charge in [-0.15, -0.1) is 11.3 Å². The van der Waals surface area contributed by atoms with Gasteiger partial charge in [-0.3, -0.25) is 9.38 Å². The summed E-state index contributed by atoms with van der Waals surface area (Å²) < 4.78 is 7.46. The minimum Gasteiger partial charge on any atom is -0.463 e. The third-order valence-electron chi connectivity index (χ3n) is 3.35. The van der Waals surface area contributed by atoms with Crippen LogP contribution in [-0.4, -0.2) is 14.4 Å². The maximum absolute atomic E-state index is 6.32. The number of pyridine rings is 1. The van der Waals surface area contributed by atoms with E-state index in [-0.39, 0.29) is 0 Å². The Labute approximate surface area is 124 Å². The van der Waals surface area contributed by atoms with Crippen molar-refractivity contribution in [1.29, 1.82) is 0 Å². The number of aromatic nitrogens is 3. The predicted molar refractivity (Wildman–Crippen MR) is 83.2 cm³/mol. The summed E-state index contributed by atoms with van der Waals surface area (Å²) in [6.45, 7) is 2.04. The van der Waals surface area contributed by atoms with Gasteiger partial charge < -0.3 is 10.2 Å². The molecule has 104 valence electrons. The number of nitrogens with zero attached hydrogens (tertiary/aromatic N) is 3. The van der Waals surface area contributed by atoms with Crippen LogP contribution in [0.2, 0.25) is 0 Å². The lowest BCUT2D eigenvalue weighted by molar-refractivity contribution is 0.579. The van der Waals surface area contributed by atoms with E-state index >= 15 is 0 Å². The second-order valence-corrected chi connectivity index (χ2v) is 5.84. The Bertz CT molecular complexity index is 906. The molecule has 0 saturated carbocycles. The average molecular weight is 296 g/mol. The summed E-state index contributed by atoms with van der Waals surface area (Å²) in [7, 11) is 0. The van der Waals surface area contributed by atoms with Gasteiger partial charge in [-0.1, -0.05) is 6.07 Å². The number of fused-ring (bicyclic) bond motifs is 1. The van der Waals surface area contributed by atoms with Crippen molar-refractivity contribution in [3.05, 3.63) is 47.7 Å². The molecule has 0 bridgehead atoms. The highest BCUT2D eigenvalue weighted by Crippen LogP contribution is 2.36. The minimum absolute atomic E-state index is 0.583. The number of anilines is 1. The Morgan fingerprint density at radius 1 is 1.24 bits per heavy atom. The molecule has 0 aliphatic rings. The Balaban J connectivity index is 2.01. The first-order valence-corrected chi connectivity index (χ1v) is 7.30. The van der Waals surface area contributed by atoms with Crippen molar-refractivity contribution >= 4 is 22.1 Å². The topological polar surface area (TPSA) is 69.3 Å². The lowest BCUT2D eigenvalue weighted by Crippen LogP contribution is -1.96. The standard InChI is InChI=1S/C15H12N4OS/c1-9-13(11-6-4-8-20-11)19-14(16)12(18-15(19)21-9)10-5-2-3-7-17-10/h2-8H,16H2,1H3. The molecule has 0 radical (unpaired) electrons. The van der Waals surface area contributed by atoms with E-state index in [4.69, 9.17) is 10.2 Å². The van der Waals surface area contributed by atoms with Crippen LogP contribution in [0.1, 0.15) is 4.88 Å². The third kappa shape index (κ3) is 1.76. The van der Waals surface area contributed by atoms with Gasteiger partial charge in [0.15, 0.2) is 10.7 Å². The van der Waals surface area contributed by atoms with Gasteiger partial charge in [0.05, 0.1) is 12.0 Å². The van der Waals surface area contributed by atoms with E-state index in [0.29, 0.717) is 11.5 Å². The molecule has 0 atom stereocenters. The largest absolute Gasteiger partial charge is 0.463 e. The molecule has 0 aliphatic heterocycles. The molecule has 0 amide bonds. The number of rotatable bonds is 2. The lowest BCUT2D eigenvalue weighted by atomic mass is 10.2. The van der Waals surface area contributed by atoms with Crippen molar-refractivity contribution < 1.29 is 4.42 Å². The number of imidazole rings is 1. The van der Waals surface area contributed by atoms with Crippen LogP contribution in [0.15, 0.2) is 47.2 Å². The van der Waals surface area contributed by atoms with Gasteiger partial charge in [0.1, 0.15) is 17.2 Å². The second-order valence-electron chi connectivity index (χ2n) is 4.66. The first kappa shape index (κ1) is 12.2. The smallest absolute Gasteiger partial charge is 0.196 e. The summed E-state index contributed by atoms with van der Waals surface area (Å²) in [6, 6.07) is 9.49. The number of aryl methyl sites for hydroxylation is 1. The van der Waals surface area contributed by atoms with Crippen molar-refractivity contribution in [2.75, 3.05) is 5.73 Å². The van der Waals surface area contributed by atoms with Gasteiger partial charge >= 0.3 is 0 Å². The molecule has 0 saturated heterocycles. The summed E-state index contributed by atoms with van der Waals surface area (Å²) in [6.07, 6.45) is 3.39. The number of furan rings is 1. The molecule has 5 nitrogen and oxygen atoms in total. The SMILES string of the molecule is Cc1sc2nc(-c3ccccn3)c(N)n2c1-c1ccco1. The normalized spacial score (nSPS) is 11.3. The van der Waals surface area contributed by atoms with Crippen LogP contribution >= 0.6 is 11.3 Å². The van der Waals surface area contributed by atoms with E-state index in [9.17, 15) is 0 Å². The molecule has 4 aromatic rings. The van der Waals surface area contributed by atoms with Gasteiger partial charge in [-0.25, -0.2) is 4.98 Å².